The van der Waals surface area contributed by atoms with Gasteiger partial charge in [0.2, 0.25) is 0 Å². The number of benzene rings is 3. The summed E-state index contributed by atoms with van der Waals surface area (Å²) in [4.78, 5) is 0. The SMILES string of the molecule is Cc1ccc(-n2cc(Cn3c4ccccc4c4ccccc43)nn2)cc1. The van der Waals surface area contributed by atoms with Crippen molar-refractivity contribution < 1.29 is 0 Å². The maximum absolute atomic E-state index is 4.40. The fourth-order valence-corrected chi connectivity index (χ4v) is 3.53. The van der Waals surface area contributed by atoms with Crippen LogP contribution in [0.5, 0.6) is 0 Å². The summed E-state index contributed by atoms with van der Waals surface area (Å²) in [6.07, 6.45) is 2.01. The van der Waals surface area contributed by atoms with E-state index < -0.39 is 0 Å². The molecule has 0 amide bonds. The lowest BCUT2D eigenvalue weighted by Gasteiger charge is -2.04. The summed E-state index contributed by atoms with van der Waals surface area (Å²) in [5, 5.41) is 11.3. The van der Waals surface area contributed by atoms with Crippen molar-refractivity contribution in [2.45, 2.75) is 13.5 Å². The van der Waals surface area contributed by atoms with Gasteiger partial charge in [0.25, 0.3) is 0 Å². The number of para-hydroxylation sites is 2. The standard InChI is InChI=1S/C22H18N4/c1-16-10-12-18(13-11-16)26-15-17(23-24-26)14-25-21-8-4-2-6-19(21)20-7-3-5-9-22(20)25/h2-13,15H,14H2,1H3. The van der Waals surface area contributed by atoms with Gasteiger partial charge in [-0.3, -0.25) is 0 Å². The van der Waals surface area contributed by atoms with E-state index in [1.807, 2.05) is 10.9 Å². The van der Waals surface area contributed by atoms with Crippen molar-refractivity contribution in [3.05, 3.63) is 90.3 Å². The van der Waals surface area contributed by atoms with Crippen LogP contribution in [0.3, 0.4) is 0 Å². The van der Waals surface area contributed by atoms with Crippen molar-refractivity contribution in [2.75, 3.05) is 0 Å². The van der Waals surface area contributed by atoms with Crippen molar-refractivity contribution in [1.82, 2.24) is 19.6 Å². The predicted octanol–water partition coefficient (Wildman–Crippen LogP) is 4.73. The van der Waals surface area contributed by atoms with E-state index >= 15 is 0 Å². The lowest BCUT2D eigenvalue weighted by Crippen LogP contribution is -1.99. The van der Waals surface area contributed by atoms with Crippen LogP contribution in [-0.4, -0.2) is 19.6 Å². The highest BCUT2D eigenvalue weighted by molar-refractivity contribution is 6.07. The first-order valence-corrected chi connectivity index (χ1v) is 8.74. The van der Waals surface area contributed by atoms with Gasteiger partial charge in [-0.2, -0.15) is 0 Å². The molecule has 0 bridgehead atoms. The van der Waals surface area contributed by atoms with Crippen LogP contribution in [0.15, 0.2) is 79.0 Å². The molecule has 0 spiro atoms. The number of hydrogen-bond donors (Lipinski definition) is 0. The maximum atomic E-state index is 4.40. The van der Waals surface area contributed by atoms with Gasteiger partial charge in [0.15, 0.2) is 0 Å². The smallest absolute Gasteiger partial charge is 0.103 e. The topological polar surface area (TPSA) is 35.6 Å². The molecule has 126 valence electrons. The van der Waals surface area contributed by atoms with Crippen LogP contribution >= 0.6 is 0 Å². The van der Waals surface area contributed by atoms with E-state index in [4.69, 9.17) is 0 Å². The van der Waals surface area contributed by atoms with Crippen LogP contribution in [0.25, 0.3) is 27.5 Å². The van der Waals surface area contributed by atoms with E-state index in [2.05, 4.69) is 94.6 Å². The highest BCUT2D eigenvalue weighted by atomic mass is 15.4. The summed E-state index contributed by atoms with van der Waals surface area (Å²) >= 11 is 0. The van der Waals surface area contributed by atoms with Gasteiger partial charge in [-0.15, -0.1) is 5.10 Å². The molecule has 0 unspecified atom stereocenters. The highest BCUT2D eigenvalue weighted by Crippen LogP contribution is 2.29. The molecule has 5 aromatic rings. The third kappa shape index (κ3) is 2.39. The minimum Gasteiger partial charge on any atom is -0.334 e. The molecule has 3 aromatic carbocycles. The van der Waals surface area contributed by atoms with E-state index in [9.17, 15) is 0 Å². The van der Waals surface area contributed by atoms with Crippen molar-refractivity contribution in [1.29, 1.82) is 0 Å². The molecule has 0 atom stereocenters. The second-order valence-electron chi connectivity index (χ2n) is 6.61. The first kappa shape index (κ1) is 14.9. The monoisotopic (exact) mass is 338 g/mol. The largest absolute Gasteiger partial charge is 0.334 e. The number of hydrogen-bond acceptors (Lipinski definition) is 2. The highest BCUT2D eigenvalue weighted by Gasteiger charge is 2.11. The lowest BCUT2D eigenvalue weighted by atomic mass is 10.2. The molecule has 0 N–H and O–H groups in total. The Hall–Kier alpha value is -3.40. The fraction of sp³-hybridized carbons (Fsp3) is 0.0909. The van der Waals surface area contributed by atoms with Crippen LogP contribution in [0.4, 0.5) is 0 Å². The van der Waals surface area contributed by atoms with E-state index in [-0.39, 0.29) is 0 Å². The maximum Gasteiger partial charge on any atom is 0.103 e. The predicted molar refractivity (Wildman–Crippen MR) is 105 cm³/mol. The Morgan fingerprint density at radius 2 is 1.38 bits per heavy atom. The average molecular weight is 338 g/mol. The van der Waals surface area contributed by atoms with Gasteiger partial charge in [0.05, 0.1) is 18.4 Å². The van der Waals surface area contributed by atoms with Crippen LogP contribution in [0, 0.1) is 6.92 Å². The zero-order valence-corrected chi connectivity index (χ0v) is 14.5. The number of fused-ring (bicyclic) bond motifs is 3. The third-order valence-corrected chi connectivity index (χ3v) is 4.84. The molecule has 2 heterocycles. The fourth-order valence-electron chi connectivity index (χ4n) is 3.53. The van der Waals surface area contributed by atoms with Gasteiger partial charge in [-0.1, -0.05) is 59.3 Å². The second-order valence-corrected chi connectivity index (χ2v) is 6.61. The number of aromatic nitrogens is 4. The normalized spacial score (nSPS) is 11.4. The summed E-state index contributed by atoms with van der Waals surface area (Å²) in [7, 11) is 0. The Bertz CT molecular complexity index is 1160. The quantitative estimate of drug-likeness (QED) is 0.477. The number of aryl methyl sites for hydroxylation is 1. The third-order valence-electron chi connectivity index (χ3n) is 4.84. The minimum atomic E-state index is 0.694. The van der Waals surface area contributed by atoms with Gasteiger partial charge in [0.1, 0.15) is 5.69 Å². The zero-order chi connectivity index (χ0) is 17.5. The van der Waals surface area contributed by atoms with Crippen molar-refractivity contribution in [2.24, 2.45) is 0 Å². The molecule has 0 fully saturated rings. The molecular formula is C22H18N4. The van der Waals surface area contributed by atoms with Gasteiger partial charge < -0.3 is 4.57 Å². The molecule has 4 heteroatoms. The molecule has 5 rings (SSSR count). The summed E-state index contributed by atoms with van der Waals surface area (Å²) in [5.74, 6) is 0. The second kappa shape index (κ2) is 5.85. The van der Waals surface area contributed by atoms with Gasteiger partial charge >= 0.3 is 0 Å². The van der Waals surface area contributed by atoms with E-state index in [1.165, 1.54) is 27.4 Å². The summed E-state index contributed by atoms with van der Waals surface area (Å²) in [6.45, 7) is 2.78. The Morgan fingerprint density at radius 3 is 2.04 bits per heavy atom. The summed E-state index contributed by atoms with van der Waals surface area (Å²) in [6, 6.07) is 25.3. The van der Waals surface area contributed by atoms with E-state index in [1.54, 1.807) is 0 Å². The van der Waals surface area contributed by atoms with Crippen molar-refractivity contribution in [3.8, 4) is 5.69 Å². The molecule has 0 aliphatic carbocycles. The average Bonchev–Trinajstić information content (AvgIpc) is 3.27. The molecule has 2 aromatic heterocycles. The first-order chi connectivity index (χ1) is 12.8. The van der Waals surface area contributed by atoms with E-state index in [0.29, 0.717) is 6.54 Å². The first-order valence-electron chi connectivity index (χ1n) is 8.74. The minimum absolute atomic E-state index is 0.694. The zero-order valence-electron chi connectivity index (χ0n) is 14.5. The molecule has 0 saturated heterocycles. The van der Waals surface area contributed by atoms with Crippen LogP contribution in [-0.2, 0) is 6.54 Å². The Labute approximate surface area is 151 Å². The summed E-state index contributed by atoms with van der Waals surface area (Å²) in [5.41, 5.74) is 5.64. The molecular weight excluding hydrogens is 320 g/mol. The van der Waals surface area contributed by atoms with Crippen LogP contribution in [0.1, 0.15) is 11.3 Å². The summed E-state index contributed by atoms with van der Waals surface area (Å²) < 4.78 is 4.15. The van der Waals surface area contributed by atoms with Gasteiger partial charge in [0, 0.05) is 21.8 Å². The van der Waals surface area contributed by atoms with Gasteiger partial charge in [-0.25, -0.2) is 4.68 Å². The molecule has 4 nitrogen and oxygen atoms in total. The molecule has 0 radical (unpaired) electrons. The van der Waals surface area contributed by atoms with Crippen LogP contribution < -0.4 is 0 Å². The Balaban J connectivity index is 1.58. The van der Waals surface area contributed by atoms with E-state index in [0.717, 1.165) is 11.4 Å². The van der Waals surface area contributed by atoms with Gasteiger partial charge in [-0.05, 0) is 31.2 Å². The molecule has 0 aliphatic heterocycles. The van der Waals surface area contributed by atoms with Crippen LogP contribution in [0.2, 0.25) is 0 Å². The molecule has 0 saturated carbocycles. The van der Waals surface area contributed by atoms with Crippen molar-refractivity contribution in [3.63, 3.8) is 0 Å². The number of rotatable bonds is 3. The number of nitrogens with zero attached hydrogens (tertiary/aromatic N) is 4. The molecule has 0 aliphatic rings. The van der Waals surface area contributed by atoms with Crippen molar-refractivity contribution >= 4 is 21.8 Å². The Morgan fingerprint density at radius 1 is 0.769 bits per heavy atom. The molecule has 26 heavy (non-hydrogen) atoms. The Kier molecular flexibility index (Phi) is 3.35. The lowest BCUT2D eigenvalue weighted by molar-refractivity contribution is 0.783.